The number of amides is 3. The fourth-order valence-electron chi connectivity index (χ4n) is 1.97. The Bertz CT molecular complexity index is 775. The highest BCUT2D eigenvalue weighted by molar-refractivity contribution is 5.91. The average molecular weight is 356 g/mol. The van der Waals surface area contributed by atoms with Crippen LogP contribution >= 0.6 is 0 Å². The molecule has 0 heterocycles. The first kappa shape index (κ1) is 18.8. The van der Waals surface area contributed by atoms with Gasteiger partial charge in [-0.2, -0.15) is 5.10 Å². The number of benzene rings is 2. The summed E-state index contributed by atoms with van der Waals surface area (Å²) in [5.41, 5.74) is 8.68. The van der Waals surface area contributed by atoms with Crippen molar-refractivity contribution in [2.75, 3.05) is 18.5 Å². The maximum Gasteiger partial charge on any atom is 0.339 e. The molecule has 0 fully saturated rings. The van der Waals surface area contributed by atoms with Gasteiger partial charge in [-0.1, -0.05) is 12.1 Å². The van der Waals surface area contributed by atoms with E-state index in [-0.39, 0.29) is 6.61 Å². The lowest BCUT2D eigenvalue weighted by Crippen LogP contribution is -2.24. The maximum atomic E-state index is 11.9. The van der Waals surface area contributed by atoms with Crippen LogP contribution in [-0.4, -0.2) is 31.4 Å². The number of rotatable bonds is 8. The lowest BCUT2D eigenvalue weighted by molar-refractivity contribution is -0.119. The van der Waals surface area contributed by atoms with Crippen molar-refractivity contribution in [3.05, 3.63) is 54.1 Å². The van der Waals surface area contributed by atoms with E-state index in [1.165, 1.54) is 6.21 Å². The average Bonchev–Trinajstić information content (AvgIpc) is 2.63. The summed E-state index contributed by atoms with van der Waals surface area (Å²) in [5.74, 6) is 0.552. The SMILES string of the molecule is CCOc1ccccc1NC(=O)N/N=C/c1ccc(OCC(N)=O)cc1. The Morgan fingerprint density at radius 2 is 1.85 bits per heavy atom. The highest BCUT2D eigenvalue weighted by Crippen LogP contribution is 2.23. The van der Waals surface area contributed by atoms with Crippen LogP contribution in [0.2, 0.25) is 0 Å². The number of anilines is 1. The summed E-state index contributed by atoms with van der Waals surface area (Å²) < 4.78 is 10.6. The van der Waals surface area contributed by atoms with E-state index in [1.807, 2.05) is 13.0 Å². The number of hydrogen-bond donors (Lipinski definition) is 3. The molecule has 2 rings (SSSR count). The number of nitrogens with zero attached hydrogens (tertiary/aromatic N) is 1. The van der Waals surface area contributed by atoms with Crippen LogP contribution in [0, 0.1) is 0 Å². The van der Waals surface area contributed by atoms with Crippen LogP contribution < -0.4 is 25.9 Å². The van der Waals surface area contributed by atoms with Gasteiger partial charge in [0.2, 0.25) is 0 Å². The second kappa shape index (κ2) is 9.67. The Morgan fingerprint density at radius 1 is 1.12 bits per heavy atom. The molecule has 8 nitrogen and oxygen atoms in total. The minimum Gasteiger partial charge on any atom is -0.492 e. The van der Waals surface area contributed by atoms with E-state index < -0.39 is 11.9 Å². The Labute approximate surface area is 151 Å². The molecule has 0 saturated carbocycles. The zero-order valence-corrected chi connectivity index (χ0v) is 14.3. The lowest BCUT2D eigenvalue weighted by atomic mass is 10.2. The van der Waals surface area contributed by atoms with Crippen molar-refractivity contribution in [2.45, 2.75) is 6.92 Å². The van der Waals surface area contributed by atoms with Crippen LogP contribution in [0.1, 0.15) is 12.5 Å². The van der Waals surface area contributed by atoms with Gasteiger partial charge in [0, 0.05) is 0 Å². The monoisotopic (exact) mass is 356 g/mol. The van der Waals surface area contributed by atoms with Gasteiger partial charge in [-0.05, 0) is 48.9 Å². The van der Waals surface area contributed by atoms with Gasteiger partial charge in [0.15, 0.2) is 6.61 Å². The number of carbonyl (C=O) groups excluding carboxylic acids is 2. The van der Waals surface area contributed by atoms with Gasteiger partial charge in [0.25, 0.3) is 5.91 Å². The number of ether oxygens (including phenoxy) is 2. The number of para-hydroxylation sites is 2. The third-order valence-corrected chi connectivity index (χ3v) is 3.08. The molecule has 2 aromatic carbocycles. The standard InChI is InChI=1S/C18H20N4O4/c1-2-25-16-6-4-3-5-15(16)21-18(24)22-20-11-13-7-9-14(10-8-13)26-12-17(19)23/h3-11H,2,12H2,1H3,(H2,19,23)(H2,21,22,24)/b20-11+. The molecule has 0 atom stereocenters. The summed E-state index contributed by atoms with van der Waals surface area (Å²) in [5, 5.41) is 6.54. The number of urea groups is 1. The van der Waals surface area contributed by atoms with E-state index in [0.717, 1.165) is 5.56 Å². The lowest BCUT2D eigenvalue weighted by Gasteiger charge is -2.10. The van der Waals surface area contributed by atoms with Gasteiger partial charge in [-0.15, -0.1) is 0 Å². The van der Waals surface area contributed by atoms with Gasteiger partial charge < -0.3 is 20.5 Å². The Hall–Kier alpha value is -3.55. The van der Waals surface area contributed by atoms with Crippen molar-refractivity contribution in [3.8, 4) is 11.5 Å². The first-order valence-electron chi connectivity index (χ1n) is 7.91. The zero-order chi connectivity index (χ0) is 18.8. The normalized spacial score (nSPS) is 10.3. The van der Waals surface area contributed by atoms with E-state index in [4.69, 9.17) is 15.2 Å². The molecule has 2 aromatic rings. The van der Waals surface area contributed by atoms with Crippen molar-refractivity contribution in [1.29, 1.82) is 0 Å². The first-order chi connectivity index (χ1) is 12.6. The smallest absolute Gasteiger partial charge is 0.339 e. The third kappa shape index (κ3) is 6.16. The minimum absolute atomic E-state index is 0.182. The van der Waals surface area contributed by atoms with Gasteiger partial charge in [-0.3, -0.25) is 4.79 Å². The summed E-state index contributed by atoms with van der Waals surface area (Å²) in [6, 6.07) is 13.4. The summed E-state index contributed by atoms with van der Waals surface area (Å²) in [4.78, 5) is 22.6. The molecule has 0 aliphatic carbocycles. The van der Waals surface area contributed by atoms with Crippen LogP contribution in [0.3, 0.4) is 0 Å². The predicted molar refractivity (Wildman–Crippen MR) is 98.5 cm³/mol. The molecule has 4 N–H and O–H groups in total. The van der Waals surface area contributed by atoms with Gasteiger partial charge in [0.05, 0.1) is 18.5 Å². The molecule has 0 spiro atoms. The van der Waals surface area contributed by atoms with E-state index in [1.54, 1.807) is 42.5 Å². The number of carbonyl (C=O) groups is 2. The number of hydrazone groups is 1. The molecule has 8 heteroatoms. The highest BCUT2D eigenvalue weighted by atomic mass is 16.5. The number of nitrogens with two attached hydrogens (primary N) is 1. The molecule has 3 amide bonds. The fourth-order valence-corrected chi connectivity index (χ4v) is 1.97. The quantitative estimate of drug-likeness (QED) is 0.496. The van der Waals surface area contributed by atoms with Gasteiger partial charge >= 0.3 is 6.03 Å². The molecule has 0 aliphatic heterocycles. The van der Waals surface area contributed by atoms with Crippen molar-refractivity contribution >= 4 is 23.8 Å². The molecule has 0 saturated heterocycles. The number of hydrogen-bond acceptors (Lipinski definition) is 5. The predicted octanol–water partition coefficient (Wildman–Crippen LogP) is 2.10. The van der Waals surface area contributed by atoms with Crippen LogP contribution in [0.4, 0.5) is 10.5 Å². The van der Waals surface area contributed by atoms with Crippen LogP contribution in [0.25, 0.3) is 0 Å². The van der Waals surface area contributed by atoms with E-state index in [0.29, 0.717) is 23.8 Å². The molecular weight excluding hydrogens is 336 g/mol. The highest BCUT2D eigenvalue weighted by Gasteiger charge is 2.05. The van der Waals surface area contributed by atoms with Crippen LogP contribution in [0.5, 0.6) is 11.5 Å². The topological polar surface area (TPSA) is 115 Å². The third-order valence-electron chi connectivity index (χ3n) is 3.08. The van der Waals surface area contributed by atoms with E-state index in [9.17, 15) is 9.59 Å². The largest absolute Gasteiger partial charge is 0.492 e. The molecule has 0 bridgehead atoms. The Kier molecular flexibility index (Phi) is 6.99. The zero-order valence-electron chi connectivity index (χ0n) is 14.3. The van der Waals surface area contributed by atoms with Gasteiger partial charge in [-0.25, -0.2) is 10.2 Å². The Morgan fingerprint density at radius 3 is 2.54 bits per heavy atom. The summed E-state index contributed by atoms with van der Waals surface area (Å²) >= 11 is 0. The summed E-state index contributed by atoms with van der Waals surface area (Å²) in [7, 11) is 0. The number of primary amides is 1. The summed E-state index contributed by atoms with van der Waals surface area (Å²) in [6.45, 7) is 2.18. The second-order valence-corrected chi connectivity index (χ2v) is 5.08. The molecule has 26 heavy (non-hydrogen) atoms. The molecule has 136 valence electrons. The van der Waals surface area contributed by atoms with Gasteiger partial charge in [0.1, 0.15) is 11.5 Å². The first-order valence-corrected chi connectivity index (χ1v) is 7.91. The molecule has 0 aliphatic rings. The minimum atomic E-state index is -0.545. The van der Waals surface area contributed by atoms with E-state index >= 15 is 0 Å². The Balaban J connectivity index is 1.86. The molecule has 0 unspecified atom stereocenters. The van der Waals surface area contributed by atoms with E-state index in [2.05, 4.69) is 15.8 Å². The number of nitrogens with one attached hydrogen (secondary N) is 2. The fraction of sp³-hybridized carbons (Fsp3) is 0.167. The van der Waals surface area contributed by atoms with Crippen LogP contribution in [-0.2, 0) is 4.79 Å². The summed E-state index contributed by atoms with van der Waals surface area (Å²) in [6.07, 6.45) is 1.48. The van der Waals surface area contributed by atoms with Crippen molar-refractivity contribution in [2.24, 2.45) is 10.8 Å². The maximum absolute atomic E-state index is 11.9. The molecule has 0 aromatic heterocycles. The molecular formula is C18H20N4O4. The van der Waals surface area contributed by atoms with Crippen molar-refractivity contribution in [1.82, 2.24) is 5.43 Å². The van der Waals surface area contributed by atoms with Crippen molar-refractivity contribution < 1.29 is 19.1 Å². The second-order valence-electron chi connectivity index (χ2n) is 5.08. The van der Waals surface area contributed by atoms with Crippen LogP contribution in [0.15, 0.2) is 53.6 Å². The molecule has 0 radical (unpaired) electrons. The van der Waals surface area contributed by atoms with Crippen molar-refractivity contribution in [3.63, 3.8) is 0 Å².